The van der Waals surface area contributed by atoms with Crippen LogP contribution in [-0.2, 0) is 4.74 Å². The molecule has 0 aliphatic heterocycles. The number of hydrogen-bond donors (Lipinski definition) is 1. The number of methoxy groups -OCH3 is 1. The van der Waals surface area contributed by atoms with Gasteiger partial charge in [0, 0.05) is 11.6 Å². The highest BCUT2D eigenvalue weighted by molar-refractivity contribution is 5.89. The van der Waals surface area contributed by atoms with E-state index in [9.17, 15) is 9.90 Å². The molecule has 2 rings (SSSR count). The predicted octanol–water partition coefficient (Wildman–Crippen LogP) is 2.71. The Morgan fingerprint density at radius 1 is 1.30 bits per heavy atom. The average molecular weight is 273 g/mol. The van der Waals surface area contributed by atoms with E-state index in [0.717, 1.165) is 0 Å². The van der Waals surface area contributed by atoms with E-state index in [2.05, 4.69) is 4.98 Å². The molecule has 104 valence electrons. The lowest BCUT2D eigenvalue weighted by molar-refractivity contribution is 0.0333. The number of aromatic hydroxyl groups is 1. The van der Waals surface area contributed by atoms with Gasteiger partial charge in [0.2, 0.25) is 5.88 Å². The van der Waals surface area contributed by atoms with E-state index in [0.29, 0.717) is 17.0 Å². The molecule has 0 amide bonds. The van der Waals surface area contributed by atoms with Gasteiger partial charge in [-0.15, -0.1) is 0 Å². The van der Waals surface area contributed by atoms with Crippen molar-refractivity contribution in [3.63, 3.8) is 0 Å². The van der Waals surface area contributed by atoms with E-state index >= 15 is 0 Å². The molecule has 0 spiro atoms. The van der Waals surface area contributed by atoms with Crippen molar-refractivity contribution in [1.29, 1.82) is 0 Å². The molecule has 0 saturated carbocycles. The van der Waals surface area contributed by atoms with Crippen LogP contribution in [0.15, 0.2) is 42.6 Å². The number of aromatic nitrogens is 1. The summed E-state index contributed by atoms with van der Waals surface area (Å²) < 4.78 is 10.3. The zero-order chi connectivity index (χ0) is 14.5. The number of hydrogen-bond acceptors (Lipinski definition) is 5. The Morgan fingerprint density at radius 3 is 2.65 bits per heavy atom. The number of carbonyl (C=O) groups excluding carboxylic acids is 1. The molecular formula is C15H15NO4. The highest BCUT2D eigenvalue weighted by atomic mass is 16.5. The van der Waals surface area contributed by atoms with Crippen LogP contribution in [0, 0.1) is 0 Å². The number of benzene rings is 1. The first-order valence-electron chi connectivity index (χ1n) is 6.10. The van der Waals surface area contributed by atoms with Gasteiger partial charge in [0.1, 0.15) is 11.9 Å². The standard InChI is InChI=1S/C15H15NO4/c1-10(12-8-14(19-2)16-9-13(12)17)20-15(18)11-6-4-3-5-7-11/h3-10,17H,1-2H3. The molecule has 0 radical (unpaired) electrons. The van der Waals surface area contributed by atoms with Crippen LogP contribution in [-0.4, -0.2) is 23.2 Å². The van der Waals surface area contributed by atoms with Crippen molar-refractivity contribution in [2.24, 2.45) is 0 Å². The summed E-state index contributed by atoms with van der Waals surface area (Å²) >= 11 is 0. The molecule has 0 bridgehead atoms. The van der Waals surface area contributed by atoms with Gasteiger partial charge in [-0.1, -0.05) is 18.2 Å². The van der Waals surface area contributed by atoms with Gasteiger partial charge in [0.25, 0.3) is 0 Å². The molecule has 2 aromatic rings. The summed E-state index contributed by atoms with van der Waals surface area (Å²) in [7, 11) is 1.48. The minimum absolute atomic E-state index is 0.0424. The van der Waals surface area contributed by atoms with E-state index in [4.69, 9.17) is 9.47 Å². The number of esters is 1. The molecule has 0 aliphatic carbocycles. The summed E-state index contributed by atoms with van der Waals surface area (Å²) in [6, 6.07) is 10.2. The fraction of sp³-hybridized carbons (Fsp3) is 0.200. The maximum atomic E-state index is 11.9. The van der Waals surface area contributed by atoms with Crippen molar-refractivity contribution in [3.8, 4) is 11.6 Å². The van der Waals surface area contributed by atoms with Gasteiger partial charge in [-0.25, -0.2) is 9.78 Å². The van der Waals surface area contributed by atoms with E-state index < -0.39 is 12.1 Å². The molecule has 20 heavy (non-hydrogen) atoms. The lowest BCUT2D eigenvalue weighted by atomic mass is 10.1. The molecular weight excluding hydrogens is 258 g/mol. The van der Waals surface area contributed by atoms with Crippen LogP contribution in [0.1, 0.15) is 28.9 Å². The van der Waals surface area contributed by atoms with Crippen LogP contribution in [0.5, 0.6) is 11.6 Å². The summed E-state index contributed by atoms with van der Waals surface area (Å²) in [5.74, 6) is -0.146. The van der Waals surface area contributed by atoms with Gasteiger partial charge in [-0.3, -0.25) is 0 Å². The molecule has 1 heterocycles. The second-order valence-corrected chi connectivity index (χ2v) is 4.20. The van der Waals surface area contributed by atoms with Crippen LogP contribution in [0.2, 0.25) is 0 Å². The third kappa shape index (κ3) is 3.06. The van der Waals surface area contributed by atoms with Crippen molar-refractivity contribution in [3.05, 3.63) is 53.7 Å². The second kappa shape index (κ2) is 6.06. The third-order valence-electron chi connectivity index (χ3n) is 2.83. The molecule has 5 nitrogen and oxygen atoms in total. The monoisotopic (exact) mass is 273 g/mol. The minimum Gasteiger partial charge on any atom is -0.506 e. The number of ether oxygens (including phenoxy) is 2. The number of rotatable bonds is 4. The van der Waals surface area contributed by atoms with Crippen molar-refractivity contribution in [2.45, 2.75) is 13.0 Å². The SMILES string of the molecule is COc1cc(C(C)OC(=O)c2ccccc2)c(O)cn1. The van der Waals surface area contributed by atoms with Gasteiger partial charge in [0.05, 0.1) is 18.9 Å². The fourth-order valence-corrected chi connectivity index (χ4v) is 1.75. The Hall–Kier alpha value is -2.56. The highest BCUT2D eigenvalue weighted by Gasteiger charge is 2.17. The van der Waals surface area contributed by atoms with Gasteiger partial charge < -0.3 is 14.6 Å². The van der Waals surface area contributed by atoms with Gasteiger partial charge in [-0.05, 0) is 19.1 Å². The zero-order valence-corrected chi connectivity index (χ0v) is 11.2. The lowest BCUT2D eigenvalue weighted by Gasteiger charge is -2.15. The van der Waals surface area contributed by atoms with Crippen molar-refractivity contribution < 1.29 is 19.4 Å². The van der Waals surface area contributed by atoms with Crippen LogP contribution in [0.4, 0.5) is 0 Å². The Morgan fingerprint density at radius 2 is 2.00 bits per heavy atom. The first-order valence-corrected chi connectivity index (χ1v) is 6.10. The van der Waals surface area contributed by atoms with E-state index in [1.165, 1.54) is 19.4 Å². The third-order valence-corrected chi connectivity index (χ3v) is 2.83. The second-order valence-electron chi connectivity index (χ2n) is 4.20. The highest BCUT2D eigenvalue weighted by Crippen LogP contribution is 2.29. The Balaban J connectivity index is 2.16. The Kier molecular flexibility index (Phi) is 4.20. The van der Waals surface area contributed by atoms with E-state index in [1.807, 2.05) is 6.07 Å². The first-order chi connectivity index (χ1) is 9.61. The molecule has 1 atom stereocenters. The zero-order valence-electron chi connectivity index (χ0n) is 11.2. The summed E-state index contributed by atoms with van der Waals surface area (Å²) in [5.41, 5.74) is 0.904. The maximum absolute atomic E-state index is 11.9. The van der Waals surface area contributed by atoms with Crippen molar-refractivity contribution in [2.75, 3.05) is 7.11 Å². The van der Waals surface area contributed by atoms with Crippen LogP contribution < -0.4 is 4.74 Å². The largest absolute Gasteiger partial charge is 0.506 e. The number of pyridine rings is 1. The minimum atomic E-state index is -0.611. The number of carbonyl (C=O) groups is 1. The molecule has 0 saturated heterocycles. The quantitative estimate of drug-likeness (QED) is 0.867. The topological polar surface area (TPSA) is 68.7 Å². The fourth-order valence-electron chi connectivity index (χ4n) is 1.75. The van der Waals surface area contributed by atoms with Gasteiger partial charge >= 0.3 is 5.97 Å². The summed E-state index contributed by atoms with van der Waals surface area (Å²) in [5, 5.41) is 9.77. The Labute approximate surface area is 116 Å². The van der Waals surface area contributed by atoms with E-state index in [-0.39, 0.29) is 5.75 Å². The maximum Gasteiger partial charge on any atom is 0.338 e. The molecule has 5 heteroatoms. The van der Waals surface area contributed by atoms with Gasteiger partial charge in [0.15, 0.2) is 0 Å². The molecule has 0 fully saturated rings. The lowest BCUT2D eigenvalue weighted by Crippen LogP contribution is -2.09. The summed E-state index contributed by atoms with van der Waals surface area (Å²) in [4.78, 5) is 15.8. The van der Waals surface area contributed by atoms with Gasteiger partial charge in [-0.2, -0.15) is 0 Å². The van der Waals surface area contributed by atoms with Crippen LogP contribution in [0.3, 0.4) is 0 Å². The summed E-state index contributed by atoms with van der Waals surface area (Å²) in [6.45, 7) is 1.68. The average Bonchev–Trinajstić information content (AvgIpc) is 2.48. The molecule has 1 aromatic carbocycles. The molecule has 1 unspecified atom stereocenters. The first kappa shape index (κ1) is 13.9. The molecule has 1 N–H and O–H groups in total. The van der Waals surface area contributed by atoms with Crippen LogP contribution >= 0.6 is 0 Å². The van der Waals surface area contributed by atoms with Crippen molar-refractivity contribution >= 4 is 5.97 Å². The smallest absolute Gasteiger partial charge is 0.338 e. The van der Waals surface area contributed by atoms with E-state index in [1.54, 1.807) is 31.2 Å². The number of nitrogens with zero attached hydrogens (tertiary/aromatic N) is 1. The Bertz CT molecular complexity index is 598. The predicted molar refractivity (Wildman–Crippen MR) is 72.7 cm³/mol. The molecule has 0 aliphatic rings. The normalized spacial score (nSPS) is 11.7. The van der Waals surface area contributed by atoms with Crippen molar-refractivity contribution in [1.82, 2.24) is 4.98 Å². The molecule has 1 aromatic heterocycles. The summed E-state index contributed by atoms with van der Waals surface area (Å²) in [6.07, 6.45) is 0.653. The van der Waals surface area contributed by atoms with Crippen LogP contribution in [0.25, 0.3) is 0 Å².